The summed E-state index contributed by atoms with van der Waals surface area (Å²) in [5, 5.41) is 2.47. The molecule has 0 aliphatic heterocycles. The third kappa shape index (κ3) is 4.72. The third-order valence-corrected chi connectivity index (χ3v) is 5.07. The summed E-state index contributed by atoms with van der Waals surface area (Å²) in [6.45, 7) is 2.27. The van der Waals surface area contributed by atoms with Crippen LogP contribution in [0, 0.1) is 0 Å². The Balaban J connectivity index is 1.62. The summed E-state index contributed by atoms with van der Waals surface area (Å²) in [7, 11) is 0. The molecule has 0 saturated heterocycles. The average molecular weight is 335 g/mol. The summed E-state index contributed by atoms with van der Waals surface area (Å²) in [5.41, 5.74) is 10.2. The van der Waals surface area contributed by atoms with Crippen LogP contribution in [0.15, 0.2) is 42.5 Å². The van der Waals surface area contributed by atoms with E-state index in [-0.39, 0.29) is 0 Å². The normalized spacial score (nSPS) is 11.4. The Morgan fingerprint density at radius 1 is 0.800 bits per heavy atom. The Kier molecular flexibility index (Phi) is 6.27. The summed E-state index contributed by atoms with van der Waals surface area (Å²) in [6, 6.07) is 14.8. The number of fused-ring (bicyclic) bond motifs is 2. The highest BCUT2D eigenvalue weighted by molar-refractivity contribution is 5.95. The number of hydrogen-bond donors (Lipinski definition) is 1. The lowest BCUT2D eigenvalue weighted by Gasteiger charge is -2.08. The first-order chi connectivity index (χ1) is 12.3. The van der Waals surface area contributed by atoms with Crippen LogP contribution in [-0.4, -0.2) is 4.98 Å². The van der Waals surface area contributed by atoms with Gasteiger partial charge < -0.3 is 5.73 Å². The lowest BCUT2D eigenvalue weighted by Crippen LogP contribution is -1.92. The van der Waals surface area contributed by atoms with E-state index in [2.05, 4.69) is 37.3 Å². The second-order valence-electron chi connectivity index (χ2n) is 7.15. The lowest BCUT2D eigenvalue weighted by atomic mass is 9.99. The van der Waals surface area contributed by atoms with Gasteiger partial charge in [0.25, 0.3) is 0 Å². The van der Waals surface area contributed by atoms with E-state index in [1.807, 2.05) is 12.1 Å². The van der Waals surface area contributed by atoms with E-state index < -0.39 is 0 Å². The molecule has 0 amide bonds. The minimum atomic E-state index is 0.773. The van der Waals surface area contributed by atoms with E-state index in [0.717, 1.165) is 23.1 Å². The van der Waals surface area contributed by atoms with Crippen molar-refractivity contribution in [3.05, 3.63) is 48.0 Å². The molecule has 0 spiro atoms. The van der Waals surface area contributed by atoms with Crippen LogP contribution in [0.2, 0.25) is 0 Å². The maximum Gasteiger partial charge on any atom is 0.0730 e. The highest BCUT2D eigenvalue weighted by atomic mass is 14.7. The molecule has 0 bridgehead atoms. The SMILES string of the molecule is CCCCCCCCCCc1cccc2nc3cc(N)ccc3cc12. The number of aromatic nitrogens is 1. The molecule has 0 unspecified atom stereocenters. The number of aryl methyl sites for hydroxylation is 1. The van der Waals surface area contributed by atoms with Crippen LogP contribution in [0.3, 0.4) is 0 Å². The number of unbranched alkanes of at least 4 members (excludes halogenated alkanes) is 7. The Labute approximate surface area is 151 Å². The van der Waals surface area contributed by atoms with E-state index in [4.69, 9.17) is 10.7 Å². The van der Waals surface area contributed by atoms with Crippen molar-refractivity contribution in [2.45, 2.75) is 64.7 Å². The fraction of sp³-hybridized carbons (Fsp3) is 0.435. The molecule has 0 saturated carbocycles. The minimum absolute atomic E-state index is 0.773. The smallest absolute Gasteiger partial charge is 0.0730 e. The largest absolute Gasteiger partial charge is 0.399 e. The molecule has 3 aromatic rings. The van der Waals surface area contributed by atoms with Gasteiger partial charge in [0.2, 0.25) is 0 Å². The van der Waals surface area contributed by atoms with Crippen molar-refractivity contribution in [3.63, 3.8) is 0 Å². The van der Waals surface area contributed by atoms with Crippen molar-refractivity contribution >= 4 is 27.5 Å². The highest BCUT2D eigenvalue weighted by Crippen LogP contribution is 2.25. The van der Waals surface area contributed by atoms with Crippen LogP contribution in [0.25, 0.3) is 21.8 Å². The van der Waals surface area contributed by atoms with Crippen molar-refractivity contribution in [2.24, 2.45) is 0 Å². The molecule has 0 fully saturated rings. The van der Waals surface area contributed by atoms with E-state index >= 15 is 0 Å². The van der Waals surface area contributed by atoms with E-state index in [0.29, 0.717) is 0 Å². The highest BCUT2D eigenvalue weighted by Gasteiger charge is 2.05. The molecule has 0 aliphatic rings. The first-order valence-electron chi connectivity index (χ1n) is 9.86. The first-order valence-corrected chi connectivity index (χ1v) is 9.86. The summed E-state index contributed by atoms with van der Waals surface area (Å²) >= 11 is 0. The molecule has 0 radical (unpaired) electrons. The van der Waals surface area contributed by atoms with Crippen molar-refractivity contribution < 1.29 is 0 Å². The van der Waals surface area contributed by atoms with Crippen LogP contribution >= 0.6 is 0 Å². The Hall–Kier alpha value is -2.09. The topological polar surface area (TPSA) is 38.9 Å². The molecule has 2 N–H and O–H groups in total. The summed E-state index contributed by atoms with van der Waals surface area (Å²) in [6.07, 6.45) is 12.0. The van der Waals surface area contributed by atoms with Crippen molar-refractivity contribution in [3.8, 4) is 0 Å². The van der Waals surface area contributed by atoms with E-state index in [1.54, 1.807) is 0 Å². The van der Waals surface area contributed by atoms with Crippen molar-refractivity contribution in [1.29, 1.82) is 0 Å². The van der Waals surface area contributed by atoms with Gasteiger partial charge in [-0.2, -0.15) is 0 Å². The van der Waals surface area contributed by atoms with Crippen LogP contribution < -0.4 is 5.73 Å². The maximum absolute atomic E-state index is 5.89. The molecule has 25 heavy (non-hydrogen) atoms. The van der Waals surface area contributed by atoms with E-state index in [9.17, 15) is 0 Å². The summed E-state index contributed by atoms with van der Waals surface area (Å²) in [4.78, 5) is 4.81. The number of rotatable bonds is 9. The quantitative estimate of drug-likeness (QED) is 0.270. The molecule has 1 aromatic heterocycles. The van der Waals surface area contributed by atoms with Gasteiger partial charge in [-0.15, -0.1) is 0 Å². The second-order valence-corrected chi connectivity index (χ2v) is 7.15. The van der Waals surface area contributed by atoms with E-state index in [1.165, 1.54) is 67.7 Å². The van der Waals surface area contributed by atoms with Gasteiger partial charge >= 0.3 is 0 Å². The molecule has 132 valence electrons. The second kappa shape index (κ2) is 8.84. The fourth-order valence-electron chi connectivity index (χ4n) is 3.60. The first kappa shape index (κ1) is 17.7. The zero-order valence-corrected chi connectivity index (χ0v) is 15.4. The number of benzene rings is 2. The summed E-state index contributed by atoms with van der Waals surface area (Å²) < 4.78 is 0. The van der Waals surface area contributed by atoms with Gasteiger partial charge in [0.05, 0.1) is 11.0 Å². The van der Waals surface area contributed by atoms with Gasteiger partial charge in [0.15, 0.2) is 0 Å². The van der Waals surface area contributed by atoms with Gasteiger partial charge in [0, 0.05) is 16.5 Å². The van der Waals surface area contributed by atoms with Crippen LogP contribution in [0.1, 0.15) is 63.9 Å². The van der Waals surface area contributed by atoms with Gasteiger partial charge in [-0.05, 0) is 42.7 Å². The zero-order valence-electron chi connectivity index (χ0n) is 15.4. The van der Waals surface area contributed by atoms with Crippen LogP contribution in [0.4, 0.5) is 5.69 Å². The molecular weight excluding hydrogens is 304 g/mol. The molecule has 3 rings (SSSR count). The zero-order chi connectivity index (χ0) is 17.5. The minimum Gasteiger partial charge on any atom is -0.399 e. The lowest BCUT2D eigenvalue weighted by molar-refractivity contribution is 0.576. The average Bonchev–Trinajstić information content (AvgIpc) is 2.62. The predicted octanol–water partition coefficient (Wildman–Crippen LogP) is 6.65. The van der Waals surface area contributed by atoms with Crippen molar-refractivity contribution in [1.82, 2.24) is 4.98 Å². The van der Waals surface area contributed by atoms with Crippen LogP contribution in [-0.2, 0) is 6.42 Å². The Bertz CT molecular complexity index is 823. The number of nitrogens with zero attached hydrogens (tertiary/aromatic N) is 1. The molecule has 2 heteroatoms. The van der Waals surface area contributed by atoms with Gasteiger partial charge in [-0.3, -0.25) is 0 Å². The standard InChI is InChI=1S/C23H30N2/c1-2-3-4-5-6-7-8-9-11-18-12-10-13-22-21(18)16-19-14-15-20(24)17-23(19)25-22/h10,12-17H,2-9,11,24H2,1H3. The molecule has 2 nitrogen and oxygen atoms in total. The molecule has 0 aliphatic carbocycles. The fourth-order valence-corrected chi connectivity index (χ4v) is 3.60. The van der Waals surface area contributed by atoms with Crippen LogP contribution in [0.5, 0.6) is 0 Å². The molecular formula is C23H30N2. The number of nitrogen functional groups attached to an aromatic ring is 1. The van der Waals surface area contributed by atoms with Crippen molar-refractivity contribution in [2.75, 3.05) is 5.73 Å². The molecule has 2 aromatic carbocycles. The Morgan fingerprint density at radius 3 is 2.36 bits per heavy atom. The Morgan fingerprint density at radius 2 is 1.56 bits per heavy atom. The number of anilines is 1. The maximum atomic E-state index is 5.89. The van der Waals surface area contributed by atoms with Gasteiger partial charge in [-0.25, -0.2) is 4.98 Å². The third-order valence-electron chi connectivity index (χ3n) is 5.07. The van der Waals surface area contributed by atoms with Gasteiger partial charge in [-0.1, -0.05) is 70.1 Å². The molecule has 0 atom stereocenters. The molecule has 1 heterocycles. The number of nitrogens with two attached hydrogens (primary N) is 1. The summed E-state index contributed by atoms with van der Waals surface area (Å²) in [5.74, 6) is 0. The number of hydrogen-bond acceptors (Lipinski definition) is 2. The number of pyridine rings is 1. The predicted molar refractivity (Wildman–Crippen MR) is 110 cm³/mol. The monoisotopic (exact) mass is 334 g/mol. The van der Waals surface area contributed by atoms with Gasteiger partial charge in [0.1, 0.15) is 0 Å².